The molecule has 0 spiro atoms. The Morgan fingerprint density at radius 1 is 1.00 bits per heavy atom. The summed E-state index contributed by atoms with van der Waals surface area (Å²) in [6, 6.07) is 7.24. The molecule has 1 aliphatic heterocycles. The van der Waals surface area contributed by atoms with Crippen molar-refractivity contribution in [1.82, 2.24) is 0 Å². The summed E-state index contributed by atoms with van der Waals surface area (Å²) in [5.74, 6) is -3.70. The lowest BCUT2D eigenvalue weighted by Gasteiger charge is -2.23. The predicted molar refractivity (Wildman–Crippen MR) is 64.9 cm³/mol. The van der Waals surface area contributed by atoms with Crippen LogP contribution in [-0.4, -0.2) is 0 Å². The number of benzene rings is 2. The van der Waals surface area contributed by atoms with Crippen LogP contribution in [0.25, 0.3) is 0 Å². The van der Waals surface area contributed by atoms with Gasteiger partial charge < -0.3 is 5.32 Å². The summed E-state index contributed by atoms with van der Waals surface area (Å²) >= 11 is 1.10. The summed E-state index contributed by atoms with van der Waals surface area (Å²) in [6.45, 7) is 1.43. The molecule has 0 saturated carbocycles. The van der Waals surface area contributed by atoms with E-state index in [1.807, 2.05) is 18.2 Å². The van der Waals surface area contributed by atoms with Crippen molar-refractivity contribution in [2.24, 2.45) is 0 Å². The first-order chi connectivity index (χ1) is 8.59. The van der Waals surface area contributed by atoms with Crippen LogP contribution in [0.2, 0.25) is 0 Å². The fraction of sp³-hybridized carbons (Fsp3) is 0.0769. The van der Waals surface area contributed by atoms with Gasteiger partial charge in [-0.25, -0.2) is 13.2 Å². The van der Waals surface area contributed by atoms with Gasteiger partial charge in [-0.2, -0.15) is 0 Å². The largest absolute Gasteiger partial charge is 0.353 e. The minimum atomic E-state index is -1.42. The summed E-state index contributed by atoms with van der Waals surface area (Å²) in [6.07, 6.45) is 0. The lowest BCUT2D eigenvalue weighted by atomic mass is 10.1. The molecule has 1 nitrogen and oxygen atoms in total. The molecule has 0 amide bonds. The van der Waals surface area contributed by atoms with Crippen molar-refractivity contribution in [3.05, 3.63) is 47.3 Å². The highest BCUT2D eigenvalue weighted by atomic mass is 32.2. The van der Waals surface area contributed by atoms with Gasteiger partial charge in [0.05, 0.1) is 16.3 Å². The molecule has 18 heavy (non-hydrogen) atoms. The zero-order chi connectivity index (χ0) is 12.9. The molecule has 1 aliphatic rings. The van der Waals surface area contributed by atoms with E-state index < -0.39 is 17.5 Å². The molecule has 5 heteroatoms. The van der Waals surface area contributed by atoms with Gasteiger partial charge in [0.1, 0.15) is 0 Å². The van der Waals surface area contributed by atoms with Gasteiger partial charge in [0.25, 0.3) is 0 Å². The highest BCUT2D eigenvalue weighted by Gasteiger charge is 2.27. The van der Waals surface area contributed by atoms with Gasteiger partial charge in [-0.15, -0.1) is 0 Å². The fourth-order valence-corrected chi connectivity index (χ4v) is 2.98. The molecule has 2 aromatic rings. The molecule has 92 valence electrons. The maximum atomic E-state index is 13.7. The minimum absolute atomic E-state index is 0.0888. The third-order valence-corrected chi connectivity index (χ3v) is 4.04. The third-order valence-electron chi connectivity index (χ3n) is 2.87. The van der Waals surface area contributed by atoms with E-state index in [2.05, 4.69) is 5.32 Å². The normalized spacial score (nSPS) is 12.7. The Morgan fingerprint density at radius 3 is 2.50 bits per heavy atom. The molecule has 0 fully saturated rings. The van der Waals surface area contributed by atoms with E-state index in [0.717, 1.165) is 22.3 Å². The number of para-hydroxylation sites is 1. The van der Waals surface area contributed by atoms with Crippen LogP contribution in [0.15, 0.2) is 34.1 Å². The van der Waals surface area contributed by atoms with Crippen LogP contribution in [0.3, 0.4) is 0 Å². The predicted octanol–water partition coefficient (Wildman–Crippen LogP) is 4.62. The second-order valence-electron chi connectivity index (χ2n) is 3.99. The molecular weight excluding hydrogens is 259 g/mol. The van der Waals surface area contributed by atoms with E-state index in [-0.39, 0.29) is 10.5 Å². The highest BCUT2D eigenvalue weighted by Crippen LogP contribution is 2.47. The summed E-state index contributed by atoms with van der Waals surface area (Å²) in [5, 5.41) is 2.95. The van der Waals surface area contributed by atoms with E-state index in [1.165, 1.54) is 6.92 Å². The second-order valence-corrected chi connectivity index (χ2v) is 5.05. The average molecular weight is 267 g/mol. The number of rotatable bonds is 0. The Kier molecular flexibility index (Phi) is 2.52. The molecule has 0 saturated heterocycles. The monoisotopic (exact) mass is 267 g/mol. The Morgan fingerprint density at radius 2 is 1.72 bits per heavy atom. The minimum Gasteiger partial charge on any atom is -0.353 e. The SMILES string of the molecule is Cc1c(F)c(F)c(F)c2c1Nc1ccccc1S2. The Labute approximate surface area is 106 Å². The number of hydrogen-bond acceptors (Lipinski definition) is 2. The van der Waals surface area contributed by atoms with Crippen molar-refractivity contribution in [1.29, 1.82) is 0 Å². The van der Waals surface area contributed by atoms with Crippen LogP contribution in [-0.2, 0) is 0 Å². The lowest BCUT2D eigenvalue weighted by Crippen LogP contribution is -2.08. The maximum absolute atomic E-state index is 13.7. The molecular formula is C13H8F3NS. The molecule has 0 radical (unpaired) electrons. The van der Waals surface area contributed by atoms with Gasteiger partial charge in [-0.1, -0.05) is 23.9 Å². The first-order valence-corrected chi connectivity index (χ1v) is 6.12. The summed E-state index contributed by atoms with van der Waals surface area (Å²) in [4.78, 5) is 0.888. The van der Waals surface area contributed by atoms with Crippen molar-refractivity contribution in [3.63, 3.8) is 0 Å². The van der Waals surface area contributed by atoms with Gasteiger partial charge in [-0.05, 0) is 19.1 Å². The number of halogens is 3. The van der Waals surface area contributed by atoms with E-state index in [0.29, 0.717) is 5.69 Å². The van der Waals surface area contributed by atoms with Crippen molar-refractivity contribution in [3.8, 4) is 0 Å². The third kappa shape index (κ3) is 1.50. The first-order valence-electron chi connectivity index (χ1n) is 5.30. The number of hydrogen-bond donors (Lipinski definition) is 1. The van der Waals surface area contributed by atoms with Gasteiger partial charge in [0, 0.05) is 10.5 Å². The average Bonchev–Trinajstić information content (AvgIpc) is 2.41. The molecule has 0 aromatic heterocycles. The highest BCUT2D eigenvalue weighted by molar-refractivity contribution is 7.99. The van der Waals surface area contributed by atoms with Gasteiger partial charge >= 0.3 is 0 Å². The smallest absolute Gasteiger partial charge is 0.196 e. The number of fused-ring (bicyclic) bond motifs is 2. The summed E-state index contributed by atoms with van der Waals surface area (Å²) < 4.78 is 40.6. The molecule has 1 N–H and O–H groups in total. The quantitative estimate of drug-likeness (QED) is 0.596. The topological polar surface area (TPSA) is 12.0 Å². The Hall–Kier alpha value is -1.62. The fourth-order valence-electron chi connectivity index (χ4n) is 1.90. The molecule has 0 atom stereocenters. The van der Waals surface area contributed by atoms with E-state index >= 15 is 0 Å². The molecule has 0 aliphatic carbocycles. The van der Waals surface area contributed by atoms with Crippen LogP contribution in [0.5, 0.6) is 0 Å². The van der Waals surface area contributed by atoms with Crippen LogP contribution in [0.4, 0.5) is 24.5 Å². The molecule has 2 aromatic carbocycles. The van der Waals surface area contributed by atoms with Crippen LogP contribution >= 0.6 is 11.8 Å². The maximum Gasteiger partial charge on any atom is 0.196 e. The van der Waals surface area contributed by atoms with Crippen LogP contribution in [0.1, 0.15) is 5.56 Å². The summed E-state index contributed by atoms with van der Waals surface area (Å²) in [5.41, 5.74) is 1.16. The number of nitrogens with one attached hydrogen (secondary N) is 1. The van der Waals surface area contributed by atoms with Gasteiger partial charge in [0.15, 0.2) is 17.5 Å². The Balaban J connectivity index is 2.25. The van der Waals surface area contributed by atoms with Crippen molar-refractivity contribution in [2.45, 2.75) is 16.7 Å². The van der Waals surface area contributed by atoms with Gasteiger partial charge in [0.2, 0.25) is 0 Å². The van der Waals surface area contributed by atoms with E-state index in [4.69, 9.17) is 0 Å². The molecule has 0 unspecified atom stereocenters. The number of anilines is 2. The standard InChI is InChI=1S/C13H8F3NS/c1-6-9(14)10(15)11(16)13-12(6)17-7-4-2-3-5-8(7)18-13/h2-5,17H,1H3. The first kappa shape index (κ1) is 11.5. The van der Waals surface area contributed by atoms with Crippen LogP contribution < -0.4 is 5.32 Å². The van der Waals surface area contributed by atoms with Crippen LogP contribution in [0, 0.1) is 24.4 Å². The van der Waals surface area contributed by atoms with E-state index in [9.17, 15) is 13.2 Å². The van der Waals surface area contributed by atoms with Crippen molar-refractivity contribution < 1.29 is 13.2 Å². The summed E-state index contributed by atoms with van der Waals surface area (Å²) in [7, 11) is 0. The lowest BCUT2D eigenvalue weighted by molar-refractivity contribution is 0.433. The van der Waals surface area contributed by atoms with Crippen molar-refractivity contribution >= 4 is 23.1 Å². The molecule has 3 rings (SSSR count). The molecule has 0 bridgehead atoms. The Bertz CT molecular complexity index is 599. The zero-order valence-corrected chi connectivity index (χ0v) is 10.2. The van der Waals surface area contributed by atoms with Gasteiger partial charge in [-0.3, -0.25) is 0 Å². The molecule has 1 heterocycles. The van der Waals surface area contributed by atoms with E-state index in [1.54, 1.807) is 6.07 Å². The van der Waals surface area contributed by atoms with Crippen molar-refractivity contribution in [2.75, 3.05) is 5.32 Å². The second kappa shape index (κ2) is 3.95. The zero-order valence-electron chi connectivity index (χ0n) is 9.35.